The largest absolute Gasteiger partial charge is 0.497 e. The van der Waals surface area contributed by atoms with Gasteiger partial charge in [-0.3, -0.25) is 0 Å². The van der Waals surface area contributed by atoms with Crippen LogP contribution in [0.15, 0.2) is 24.3 Å². The fourth-order valence-electron chi connectivity index (χ4n) is 1.19. The minimum absolute atomic E-state index is 0.197. The van der Waals surface area contributed by atoms with Crippen molar-refractivity contribution >= 4 is 8.07 Å². The van der Waals surface area contributed by atoms with Crippen molar-refractivity contribution in [3.8, 4) is 17.2 Å². The van der Waals surface area contributed by atoms with Gasteiger partial charge in [-0.15, -0.1) is 5.54 Å². The van der Waals surface area contributed by atoms with E-state index in [0.717, 1.165) is 11.3 Å². The molecule has 0 aliphatic heterocycles. The molecule has 1 aromatic rings. The molecule has 86 valence electrons. The van der Waals surface area contributed by atoms with Gasteiger partial charge < -0.3 is 10.5 Å². The van der Waals surface area contributed by atoms with Gasteiger partial charge in [0.1, 0.15) is 13.8 Å². The second-order valence-electron chi connectivity index (χ2n) is 4.77. The maximum Gasteiger partial charge on any atom is 0.129 e. The van der Waals surface area contributed by atoms with Crippen LogP contribution >= 0.6 is 0 Å². The van der Waals surface area contributed by atoms with Crippen LogP contribution in [0.25, 0.3) is 0 Å². The molecule has 0 spiro atoms. The first-order valence-electron chi connectivity index (χ1n) is 5.34. The van der Waals surface area contributed by atoms with E-state index in [9.17, 15) is 0 Å². The predicted molar refractivity (Wildman–Crippen MR) is 71.0 cm³/mol. The van der Waals surface area contributed by atoms with E-state index in [0.29, 0.717) is 0 Å². The fraction of sp³-hybridized carbons (Fsp3) is 0.385. The number of hydrogen-bond acceptors (Lipinski definition) is 2. The first-order valence-corrected chi connectivity index (χ1v) is 8.84. The van der Waals surface area contributed by atoms with Gasteiger partial charge in [-0.1, -0.05) is 37.7 Å². The standard InChI is InChI=1S/C13H19NOSi/c1-15-12-7-5-11(6-8-12)13(14)9-10-16(2,3)4/h5-8,13H,14H2,1-4H3. The molecule has 0 bridgehead atoms. The smallest absolute Gasteiger partial charge is 0.129 e. The molecular formula is C13H19NOSi. The quantitative estimate of drug-likeness (QED) is 0.629. The van der Waals surface area contributed by atoms with Gasteiger partial charge in [0.15, 0.2) is 0 Å². The summed E-state index contributed by atoms with van der Waals surface area (Å²) >= 11 is 0. The van der Waals surface area contributed by atoms with E-state index in [2.05, 4.69) is 31.1 Å². The number of methoxy groups -OCH3 is 1. The van der Waals surface area contributed by atoms with Crippen molar-refractivity contribution in [1.82, 2.24) is 0 Å². The van der Waals surface area contributed by atoms with Crippen LogP contribution in [-0.4, -0.2) is 15.2 Å². The lowest BCUT2D eigenvalue weighted by Gasteiger charge is -2.08. The summed E-state index contributed by atoms with van der Waals surface area (Å²) in [5.74, 6) is 3.97. The van der Waals surface area contributed by atoms with Crippen molar-refractivity contribution < 1.29 is 4.74 Å². The van der Waals surface area contributed by atoms with Crippen LogP contribution in [0.4, 0.5) is 0 Å². The van der Waals surface area contributed by atoms with Crippen LogP contribution in [-0.2, 0) is 0 Å². The monoisotopic (exact) mass is 233 g/mol. The summed E-state index contributed by atoms with van der Waals surface area (Å²) in [7, 11) is 0.316. The van der Waals surface area contributed by atoms with Crippen LogP contribution < -0.4 is 10.5 Å². The Bertz CT molecular complexity index is 395. The third kappa shape index (κ3) is 4.09. The van der Waals surface area contributed by atoms with Crippen molar-refractivity contribution in [2.45, 2.75) is 25.7 Å². The van der Waals surface area contributed by atoms with Gasteiger partial charge in [-0.05, 0) is 17.7 Å². The average Bonchev–Trinajstić information content (AvgIpc) is 2.25. The van der Waals surface area contributed by atoms with Crippen molar-refractivity contribution in [3.63, 3.8) is 0 Å². The van der Waals surface area contributed by atoms with Gasteiger partial charge in [0.2, 0.25) is 0 Å². The highest BCUT2D eigenvalue weighted by Crippen LogP contribution is 2.15. The van der Waals surface area contributed by atoms with Gasteiger partial charge in [-0.25, -0.2) is 0 Å². The van der Waals surface area contributed by atoms with E-state index in [1.165, 1.54) is 0 Å². The van der Waals surface area contributed by atoms with Crippen molar-refractivity contribution in [1.29, 1.82) is 0 Å². The Hall–Kier alpha value is -1.24. The first kappa shape index (κ1) is 12.8. The summed E-state index contributed by atoms with van der Waals surface area (Å²) in [4.78, 5) is 0. The summed E-state index contributed by atoms with van der Waals surface area (Å²) in [5.41, 5.74) is 10.3. The molecule has 0 fully saturated rings. The third-order valence-electron chi connectivity index (χ3n) is 2.08. The Labute approximate surface area is 98.8 Å². The van der Waals surface area contributed by atoms with Crippen LogP contribution in [0.3, 0.4) is 0 Å². The molecule has 0 heterocycles. The highest BCUT2D eigenvalue weighted by molar-refractivity contribution is 6.83. The summed E-state index contributed by atoms with van der Waals surface area (Å²) in [6, 6.07) is 7.54. The Morgan fingerprint density at radius 1 is 1.19 bits per heavy atom. The van der Waals surface area contributed by atoms with Gasteiger partial charge >= 0.3 is 0 Å². The van der Waals surface area contributed by atoms with Crippen LogP contribution in [0.5, 0.6) is 5.75 Å². The van der Waals surface area contributed by atoms with E-state index in [1.54, 1.807) is 7.11 Å². The molecule has 2 nitrogen and oxygen atoms in total. The van der Waals surface area contributed by atoms with Gasteiger partial charge in [0.25, 0.3) is 0 Å². The number of hydrogen-bond donors (Lipinski definition) is 1. The zero-order valence-corrected chi connectivity index (χ0v) is 11.4. The number of nitrogens with two attached hydrogens (primary N) is 1. The molecular weight excluding hydrogens is 214 g/mol. The van der Waals surface area contributed by atoms with Crippen LogP contribution in [0.2, 0.25) is 19.6 Å². The van der Waals surface area contributed by atoms with E-state index >= 15 is 0 Å². The topological polar surface area (TPSA) is 35.2 Å². The van der Waals surface area contributed by atoms with Crippen LogP contribution in [0.1, 0.15) is 11.6 Å². The molecule has 1 aromatic carbocycles. The zero-order valence-electron chi connectivity index (χ0n) is 10.4. The van der Waals surface area contributed by atoms with E-state index in [1.807, 2.05) is 24.3 Å². The molecule has 16 heavy (non-hydrogen) atoms. The van der Waals surface area contributed by atoms with Crippen molar-refractivity contribution in [2.24, 2.45) is 5.73 Å². The Balaban J connectivity index is 2.79. The van der Waals surface area contributed by atoms with Gasteiger partial charge in [0, 0.05) is 0 Å². The van der Waals surface area contributed by atoms with Crippen molar-refractivity contribution in [3.05, 3.63) is 29.8 Å². The summed E-state index contributed by atoms with van der Waals surface area (Å²) in [6.07, 6.45) is 0. The maximum atomic E-state index is 6.00. The molecule has 0 radical (unpaired) electrons. The molecule has 1 rings (SSSR count). The number of benzene rings is 1. The molecule has 0 amide bonds. The van der Waals surface area contributed by atoms with Crippen molar-refractivity contribution in [2.75, 3.05) is 7.11 Å². The summed E-state index contributed by atoms with van der Waals surface area (Å²) in [5, 5.41) is 0. The number of rotatable bonds is 2. The van der Waals surface area contributed by atoms with Gasteiger partial charge in [-0.2, -0.15) is 0 Å². The highest BCUT2D eigenvalue weighted by atomic mass is 28.3. The minimum atomic E-state index is -1.34. The summed E-state index contributed by atoms with van der Waals surface area (Å²) in [6.45, 7) is 6.63. The van der Waals surface area contributed by atoms with E-state index in [4.69, 9.17) is 10.5 Å². The Kier molecular flexibility index (Phi) is 4.16. The fourth-order valence-corrected chi connectivity index (χ4v) is 1.78. The lowest BCUT2D eigenvalue weighted by molar-refractivity contribution is 0.414. The average molecular weight is 233 g/mol. The molecule has 0 aliphatic carbocycles. The molecule has 1 atom stereocenters. The molecule has 0 saturated carbocycles. The second-order valence-corrected chi connectivity index (χ2v) is 9.52. The minimum Gasteiger partial charge on any atom is -0.497 e. The van der Waals surface area contributed by atoms with E-state index in [-0.39, 0.29) is 6.04 Å². The lowest BCUT2D eigenvalue weighted by Crippen LogP contribution is -2.18. The zero-order chi connectivity index (χ0) is 12.2. The van der Waals surface area contributed by atoms with E-state index < -0.39 is 8.07 Å². The second kappa shape index (κ2) is 5.20. The molecule has 1 unspecified atom stereocenters. The normalized spacial score (nSPS) is 12.6. The van der Waals surface area contributed by atoms with Gasteiger partial charge in [0.05, 0.1) is 13.2 Å². The Morgan fingerprint density at radius 3 is 2.19 bits per heavy atom. The van der Waals surface area contributed by atoms with Crippen LogP contribution in [0, 0.1) is 11.5 Å². The lowest BCUT2D eigenvalue weighted by atomic mass is 10.1. The molecule has 2 N–H and O–H groups in total. The number of ether oxygens (including phenoxy) is 1. The predicted octanol–water partition coefficient (Wildman–Crippen LogP) is 2.58. The molecule has 0 saturated heterocycles. The SMILES string of the molecule is COc1ccc(C(N)C#C[Si](C)(C)C)cc1. The maximum absolute atomic E-state index is 6.00. The molecule has 3 heteroatoms. The molecule has 0 aromatic heterocycles. The Morgan fingerprint density at radius 2 is 1.75 bits per heavy atom. The first-order chi connectivity index (χ1) is 7.42. The summed E-state index contributed by atoms with van der Waals surface area (Å²) < 4.78 is 5.09. The highest BCUT2D eigenvalue weighted by Gasteiger charge is 2.09. The molecule has 0 aliphatic rings. The third-order valence-corrected chi connectivity index (χ3v) is 2.97.